The summed E-state index contributed by atoms with van der Waals surface area (Å²) in [6.45, 7) is 6.43. The van der Waals surface area contributed by atoms with Crippen LogP contribution in [0.25, 0.3) is 0 Å². The molecule has 0 spiro atoms. The number of methoxy groups -OCH3 is 1. The van der Waals surface area contributed by atoms with E-state index >= 15 is 0 Å². The fourth-order valence-electron chi connectivity index (χ4n) is 4.33. The first-order chi connectivity index (χ1) is 18.1. The lowest BCUT2D eigenvalue weighted by Gasteiger charge is -2.26. The minimum Gasteiger partial charge on any atom is -0.494 e. The summed E-state index contributed by atoms with van der Waals surface area (Å²) in [5.41, 5.74) is 2.28. The normalized spacial score (nSPS) is 13.6. The van der Waals surface area contributed by atoms with Crippen LogP contribution in [0.3, 0.4) is 0 Å². The average molecular weight is 513 g/mol. The summed E-state index contributed by atoms with van der Waals surface area (Å²) in [4.78, 5) is 26.3. The van der Waals surface area contributed by atoms with Crippen molar-refractivity contribution in [2.75, 3.05) is 40.0 Å². The molecule has 2 aromatic rings. The molecule has 1 fully saturated rings. The van der Waals surface area contributed by atoms with Gasteiger partial charge < -0.3 is 24.3 Å². The maximum Gasteiger partial charge on any atom is 0.513 e. The first-order valence-electron chi connectivity index (χ1n) is 13.3. The first-order valence-corrected chi connectivity index (χ1v) is 13.3. The molecule has 0 aliphatic carbocycles. The quantitative estimate of drug-likeness (QED) is 0.213. The largest absolute Gasteiger partial charge is 0.513 e. The average Bonchev–Trinajstić information content (AvgIpc) is 2.90. The number of rotatable bonds is 14. The van der Waals surface area contributed by atoms with E-state index in [1.54, 1.807) is 13.0 Å². The van der Waals surface area contributed by atoms with E-state index in [9.17, 15) is 9.59 Å². The molecule has 0 radical (unpaired) electrons. The van der Waals surface area contributed by atoms with Crippen LogP contribution in [0, 0.1) is 0 Å². The number of ether oxygens (including phenoxy) is 4. The molecule has 0 aromatic heterocycles. The van der Waals surface area contributed by atoms with E-state index in [0.717, 1.165) is 24.3 Å². The Morgan fingerprint density at radius 2 is 1.81 bits per heavy atom. The number of hydrogen-bond donors (Lipinski definition) is 1. The third-order valence-corrected chi connectivity index (χ3v) is 6.22. The van der Waals surface area contributed by atoms with Crippen LogP contribution in [0.2, 0.25) is 0 Å². The molecule has 3 rings (SSSR count). The molecule has 0 bridgehead atoms. The maximum absolute atomic E-state index is 12.2. The minimum absolute atomic E-state index is 0.0257. The summed E-state index contributed by atoms with van der Waals surface area (Å²) < 4.78 is 21.2. The van der Waals surface area contributed by atoms with Gasteiger partial charge in [0.25, 0.3) is 0 Å². The number of nitrogens with zero attached hydrogens (tertiary/aromatic N) is 1. The van der Waals surface area contributed by atoms with Crippen LogP contribution >= 0.6 is 0 Å². The Labute approximate surface area is 220 Å². The number of carbonyl (C=O) groups excluding carboxylic acids is 2. The van der Waals surface area contributed by atoms with Gasteiger partial charge in [-0.15, -0.1) is 0 Å². The molecule has 0 atom stereocenters. The van der Waals surface area contributed by atoms with E-state index in [0.29, 0.717) is 43.9 Å². The lowest BCUT2D eigenvalue weighted by atomic mass is 10.1. The Balaban J connectivity index is 1.29. The zero-order chi connectivity index (χ0) is 26.3. The molecule has 1 aliphatic rings. The molecule has 37 heavy (non-hydrogen) atoms. The standard InChI is InChI=1S/C29H40N2O6/c1-3-35-29(33)37-26-15-14-23(21-27(26)34-2)10-8-13-28(32)30-16-9-19-36-25-12-7-11-24(20-25)22-31-17-5-4-6-18-31/h7,11-12,14-15,20-21H,3-6,8-10,13,16-19,22H2,1-2H3,(H,30,32). The number of piperidine rings is 1. The van der Waals surface area contributed by atoms with Crippen LogP contribution in [-0.2, 0) is 22.5 Å². The highest BCUT2D eigenvalue weighted by atomic mass is 16.7. The molecule has 1 heterocycles. The van der Waals surface area contributed by atoms with Gasteiger partial charge >= 0.3 is 6.16 Å². The summed E-state index contributed by atoms with van der Waals surface area (Å²) in [5, 5.41) is 2.96. The Morgan fingerprint density at radius 3 is 2.59 bits per heavy atom. The fraction of sp³-hybridized carbons (Fsp3) is 0.517. The van der Waals surface area contributed by atoms with Gasteiger partial charge in [0, 0.05) is 19.5 Å². The molecule has 1 amide bonds. The molecule has 1 aliphatic heterocycles. The van der Waals surface area contributed by atoms with Crippen LogP contribution in [0.15, 0.2) is 42.5 Å². The van der Waals surface area contributed by atoms with E-state index in [1.807, 2.05) is 24.3 Å². The van der Waals surface area contributed by atoms with Crippen molar-refractivity contribution >= 4 is 12.1 Å². The number of hydrogen-bond acceptors (Lipinski definition) is 7. The van der Waals surface area contributed by atoms with Crippen molar-refractivity contribution in [3.8, 4) is 17.2 Å². The second-order valence-electron chi connectivity index (χ2n) is 9.16. The topological polar surface area (TPSA) is 86.3 Å². The number of likely N-dealkylation sites (tertiary alicyclic amines) is 1. The van der Waals surface area contributed by atoms with E-state index in [1.165, 1.54) is 45.0 Å². The second-order valence-corrected chi connectivity index (χ2v) is 9.16. The Hall–Kier alpha value is -3.26. The van der Waals surface area contributed by atoms with Crippen molar-refractivity contribution in [1.29, 1.82) is 0 Å². The smallest absolute Gasteiger partial charge is 0.494 e. The zero-order valence-electron chi connectivity index (χ0n) is 22.1. The van der Waals surface area contributed by atoms with E-state index in [4.69, 9.17) is 18.9 Å². The van der Waals surface area contributed by atoms with Gasteiger partial charge in [-0.2, -0.15) is 0 Å². The predicted octanol–water partition coefficient (Wildman–Crippen LogP) is 5.12. The fourth-order valence-corrected chi connectivity index (χ4v) is 4.33. The molecule has 8 nitrogen and oxygen atoms in total. The number of benzene rings is 2. The van der Waals surface area contributed by atoms with Crippen molar-refractivity contribution in [1.82, 2.24) is 10.2 Å². The van der Waals surface area contributed by atoms with Crippen molar-refractivity contribution in [3.05, 3.63) is 53.6 Å². The highest BCUT2D eigenvalue weighted by Gasteiger charge is 2.12. The molecular weight excluding hydrogens is 472 g/mol. The van der Waals surface area contributed by atoms with Gasteiger partial charge in [0.05, 0.1) is 20.3 Å². The summed E-state index contributed by atoms with van der Waals surface area (Å²) in [6, 6.07) is 13.7. The van der Waals surface area contributed by atoms with Gasteiger partial charge in [-0.25, -0.2) is 4.79 Å². The first kappa shape index (κ1) is 28.3. The summed E-state index contributed by atoms with van der Waals surface area (Å²) in [7, 11) is 1.51. The molecule has 0 saturated carbocycles. The summed E-state index contributed by atoms with van der Waals surface area (Å²) in [6.07, 6.45) is 5.75. The van der Waals surface area contributed by atoms with Gasteiger partial charge in [-0.05, 0) is 87.5 Å². The van der Waals surface area contributed by atoms with E-state index in [2.05, 4.69) is 22.3 Å². The Bertz CT molecular complexity index is 990. The number of amides is 1. The lowest BCUT2D eigenvalue weighted by Crippen LogP contribution is -2.29. The highest BCUT2D eigenvalue weighted by molar-refractivity contribution is 5.75. The van der Waals surface area contributed by atoms with Crippen molar-refractivity contribution in [2.24, 2.45) is 0 Å². The van der Waals surface area contributed by atoms with Crippen molar-refractivity contribution < 1.29 is 28.5 Å². The third kappa shape index (κ3) is 10.3. The van der Waals surface area contributed by atoms with Crippen LogP contribution < -0.4 is 19.5 Å². The van der Waals surface area contributed by atoms with Gasteiger partial charge in [-0.1, -0.05) is 24.6 Å². The van der Waals surface area contributed by atoms with Gasteiger partial charge in [0.2, 0.25) is 5.91 Å². The Morgan fingerprint density at radius 1 is 0.973 bits per heavy atom. The molecular formula is C29H40N2O6. The van der Waals surface area contributed by atoms with Gasteiger partial charge in [0.1, 0.15) is 5.75 Å². The predicted molar refractivity (Wildman–Crippen MR) is 142 cm³/mol. The number of aryl methyl sites for hydroxylation is 1. The van der Waals surface area contributed by atoms with Crippen molar-refractivity contribution in [3.63, 3.8) is 0 Å². The molecule has 8 heteroatoms. The maximum atomic E-state index is 12.2. The van der Waals surface area contributed by atoms with Crippen LogP contribution in [0.1, 0.15) is 56.6 Å². The SMILES string of the molecule is CCOC(=O)Oc1ccc(CCCC(=O)NCCCOc2cccc(CN3CCCCC3)c2)cc1OC. The lowest BCUT2D eigenvalue weighted by molar-refractivity contribution is -0.121. The van der Waals surface area contributed by atoms with Gasteiger partial charge in [-0.3, -0.25) is 9.69 Å². The molecule has 1 N–H and O–H groups in total. The van der Waals surface area contributed by atoms with E-state index < -0.39 is 6.16 Å². The highest BCUT2D eigenvalue weighted by Crippen LogP contribution is 2.29. The second kappa shape index (κ2) is 15.8. The summed E-state index contributed by atoms with van der Waals surface area (Å²) in [5.74, 6) is 1.66. The third-order valence-electron chi connectivity index (χ3n) is 6.22. The van der Waals surface area contributed by atoms with Crippen LogP contribution in [0.4, 0.5) is 4.79 Å². The van der Waals surface area contributed by atoms with Crippen LogP contribution in [-0.4, -0.2) is 56.9 Å². The number of nitrogens with one attached hydrogen (secondary N) is 1. The minimum atomic E-state index is -0.767. The van der Waals surface area contributed by atoms with Gasteiger partial charge in [0.15, 0.2) is 11.5 Å². The van der Waals surface area contributed by atoms with Crippen LogP contribution in [0.5, 0.6) is 17.2 Å². The summed E-state index contributed by atoms with van der Waals surface area (Å²) >= 11 is 0. The molecule has 202 valence electrons. The molecule has 0 unspecified atom stereocenters. The molecule has 2 aromatic carbocycles. The number of carbonyl (C=O) groups is 2. The monoisotopic (exact) mass is 512 g/mol. The van der Waals surface area contributed by atoms with Crippen molar-refractivity contribution in [2.45, 2.75) is 58.4 Å². The van der Waals surface area contributed by atoms with E-state index in [-0.39, 0.29) is 12.5 Å². The zero-order valence-corrected chi connectivity index (χ0v) is 22.1. The molecule has 1 saturated heterocycles. The Kier molecular flexibility index (Phi) is 12.1.